The molecule has 1 unspecified atom stereocenters. The van der Waals surface area contributed by atoms with Crippen LogP contribution in [0.15, 0.2) is 24.0 Å². The van der Waals surface area contributed by atoms with E-state index < -0.39 is 11.9 Å². The third kappa shape index (κ3) is 1.82. The SMILES string of the molecule is C=C1C(=O)N(C2CCC(=O)NC2=O)C/C1=C\O. The lowest BCUT2D eigenvalue weighted by molar-refractivity contribution is -0.142. The maximum atomic E-state index is 11.8. The quantitative estimate of drug-likeness (QED) is 0.369. The second-order valence-electron chi connectivity index (χ2n) is 4.03. The van der Waals surface area contributed by atoms with E-state index >= 15 is 0 Å². The van der Waals surface area contributed by atoms with Gasteiger partial charge in [0.15, 0.2) is 0 Å². The lowest BCUT2D eigenvalue weighted by Crippen LogP contribution is -2.52. The van der Waals surface area contributed by atoms with Crippen LogP contribution in [0.5, 0.6) is 0 Å². The Labute approximate surface area is 97.6 Å². The third-order valence-electron chi connectivity index (χ3n) is 2.99. The summed E-state index contributed by atoms with van der Waals surface area (Å²) in [5.74, 6) is -1.17. The van der Waals surface area contributed by atoms with Crippen molar-refractivity contribution in [3.05, 3.63) is 24.0 Å². The van der Waals surface area contributed by atoms with Crippen molar-refractivity contribution in [1.82, 2.24) is 10.2 Å². The molecule has 3 amide bonds. The van der Waals surface area contributed by atoms with Gasteiger partial charge in [-0.05, 0) is 6.42 Å². The Morgan fingerprint density at radius 1 is 1.41 bits per heavy atom. The fraction of sp³-hybridized carbons (Fsp3) is 0.364. The van der Waals surface area contributed by atoms with Gasteiger partial charge in [-0.2, -0.15) is 0 Å². The highest BCUT2D eigenvalue weighted by molar-refractivity contribution is 6.06. The number of likely N-dealkylation sites (tertiary alicyclic amines) is 1. The molecule has 2 heterocycles. The number of aliphatic hydroxyl groups excluding tert-OH is 1. The molecule has 17 heavy (non-hydrogen) atoms. The lowest BCUT2D eigenvalue weighted by atomic mass is 10.0. The van der Waals surface area contributed by atoms with Crippen LogP contribution in [-0.2, 0) is 14.4 Å². The standard InChI is InChI=1S/C11H12N2O4/c1-6-7(5-14)4-13(11(6)17)8-2-3-9(15)12-10(8)16/h5,8,14H,1-4H2,(H,12,15,16)/b7-5+. The van der Waals surface area contributed by atoms with E-state index in [1.54, 1.807) is 0 Å². The zero-order chi connectivity index (χ0) is 12.6. The van der Waals surface area contributed by atoms with Gasteiger partial charge in [0.05, 0.1) is 12.8 Å². The molecule has 2 N–H and O–H groups in total. The van der Waals surface area contributed by atoms with Crippen LogP contribution >= 0.6 is 0 Å². The highest BCUT2D eigenvalue weighted by atomic mass is 16.2. The Morgan fingerprint density at radius 3 is 2.65 bits per heavy atom. The van der Waals surface area contributed by atoms with E-state index in [2.05, 4.69) is 11.9 Å². The van der Waals surface area contributed by atoms with Crippen LogP contribution < -0.4 is 5.32 Å². The number of carbonyl (C=O) groups excluding carboxylic acids is 3. The van der Waals surface area contributed by atoms with Crippen molar-refractivity contribution in [3.8, 4) is 0 Å². The average Bonchev–Trinajstić information content (AvgIpc) is 2.57. The maximum absolute atomic E-state index is 11.8. The summed E-state index contributed by atoms with van der Waals surface area (Å²) in [5.41, 5.74) is 0.594. The average molecular weight is 236 g/mol. The molecular formula is C11H12N2O4. The second kappa shape index (κ2) is 4.04. The lowest BCUT2D eigenvalue weighted by Gasteiger charge is -2.28. The largest absolute Gasteiger partial charge is 0.515 e. The molecule has 0 aromatic rings. The van der Waals surface area contributed by atoms with E-state index in [1.807, 2.05) is 0 Å². The van der Waals surface area contributed by atoms with E-state index in [9.17, 15) is 14.4 Å². The molecular weight excluding hydrogens is 224 g/mol. The van der Waals surface area contributed by atoms with E-state index in [0.717, 1.165) is 6.26 Å². The first-order valence-electron chi connectivity index (χ1n) is 5.21. The van der Waals surface area contributed by atoms with Crippen LogP contribution in [0.3, 0.4) is 0 Å². The number of imide groups is 1. The molecule has 2 fully saturated rings. The molecule has 0 radical (unpaired) electrons. The maximum Gasteiger partial charge on any atom is 0.254 e. The van der Waals surface area contributed by atoms with E-state index in [0.29, 0.717) is 12.0 Å². The molecule has 6 nitrogen and oxygen atoms in total. The zero-order valence-corrected chi connectivity index (χ0v) is 9.10. The van der Waals surface area contributed by atoms with Gasteiger partial charge in [0.25, 0.3) is 5.91 Å². The third-order valence-corrected chi connectivity index (χ3v) is 2.99. The van der Waals surface area contributed by atoms with Crippen molar-refractivity contribution >= 4 is 17.7 Å². The topological polar surface area (TPSA) is 86.7 Å². The first-order valence-corrected chi connectivity index (χ1v) is 5.21. The second-order valence-corrected chi connectivity index (χ2v) is 4.03. The highest BCUT2D eigenvalue weighted by Gasteiger charge is 2.39. The molecule has 6 heteroatoms. The molecule has 0 bridgehead atoms. The number of amides is 3. The minimum atomic E-state index is -0.658. The Balaban J connectivity index is 2.19. The summed E-state index contributed by atoms with van der Waals surface area (Å²) >= 11 is 0. The number of hydrogen-bond donors (Lipinski definition) is 2. The smallest absolute Gasteiger partial charge is 0.254 e. The van der Waals surface area contributed by atoms with Crippen LogP contribution in [0.25, 0.3) is 0 Å². The molecule has 2 aliphatic heterocycles. The van der Waals surface area contributed by atoms with Gasteiger partial charge in [-0.15, -0.1) is 0 Å². The van der Waals surface area contributed by atoms with Gasteiger partial charge in [-0.1, -0.05) is 6.58 Å². The zero-order valence-electron chi connectivity index (χ0n) is 9.10. The van der Waals surface area contributed by atoms with Gasteiger partial charge in [0, 0.05) is 17.6 Å². The minimum absolute atomic E-state index is 0.153. The summed E-state index contributed by atoms with van der Waals surface area (Å²) in [6.45, 7) is 3.71. The molecule has 0 saturated carbocycles. The van der Waals surface area contributed by atoms with E-state index in [1.165, 1.54) is 4.90 Å². The summed E-state index contributed by atoms with van der Waals surface area (Å²) < 4.78 is 0. The number of hydrogen-bond acceptors (Lipinski definition) is 4. The van der Waals surface area contributed by atoms with Gasteiger partial charge in [0.1, 0.15) is 6.04 Å². The van der Waals surface area contributed by atoms with Crippen LogP contribution in [0.4, 0.5) is 0 Å². The summed E-state index contributed by atoms with van der Waals surface area (Å²) in [6, 6.07) is -0.658. The van der Waals surface area contributed by atoms with Crippen LogP contribution in [0.1, 0.15) is 12.8 Å². The summed E-state index contributed by atoms with van der Waals surface area (Å²) in [7, 11) is 0. The highest BCUT2D eigenvalue weighted by Crippen LogP contribution is 2.26. The van der Waals surface area contributed by atoms with Gasteiger partial charge in [-0.3, -0.25) is 19.7 Å². The number of nitrogens with one attached hydrogen (secondary N) is 1. The van der Waals surface area contributed by atoms with Crippen molar-refractivity contribution in [2.75, 3.05) is 6.54 Å². The summed E-state index contributed by atoms with van der Waals surface area (Å²) in [5, 5.41) is 11.1. The number of piperidine rings is 1. The Morgan fingerprint density at radius 2 is 2.12 bits per heavy atom. The number of carbonyl (C=O) groups is 3. The van der Waals surface area contributed by atoms with Crippen LogP contribution in [-0.4, -0.2) is 40.3 Å². The van der Waals surface area contributed by atoms with Gasteiger partial charge in [-0.25, -0.2) is 0 Å². The predicted octanol–water partition coefficient (Wildman–Crippen LogP) is -0.368. The van der Waals surface area contributed by atoms with Gasteiger partial charge < -0.3 is 10.0 Å². The van der Waals surface area contributed by atoms with Crippen molar-refractivity contribution < 1.29 is 19.5 Å². The number of rotatable bonds is 1. The van der Waals surface area contributed by atoms with Crippen LogP contribution in [0.2, 0.25) is 0 Å². The Hall–Kier alpha value is -2.11. The first kappa shape index (κ1) is 11.4. The normalized spacial score (nSPS) is 27.9. The molecule has 0 aromatic heterocycles. The molecule has 2 aliphatic rings. The monoisotopic (exact) mass is 236 g/mol. The fourth-order valence-corrected chi connectivity index (χ4v) is 2.01. The molecule has 0 spiro atoms. The molecule has 0 aliphatic carbocycles. The predicted molar refractivity (Wildman–Crippen MR) is 57.7 cm³/mol. The summed E-state index contributed by atoms with van der Waals surface area (Å²) in [6.07, 6.45) is 1.35. The minimum Gasteiger partial charge on any atom is -0.515 e. The van der Waals surface area contributed by atoms with Crippen molar-refractivity contribution in [2.45, 2.75) is 18.9 Å². The summed E-state index contributed by atoms with van der Waals surface area (Å²) in [4.78, 5) is 35.7. The number of aliphatic hydroxyl groups is 1. The van der Waals surface area contributed by atoms with Crippen LogP contribution in [0, 0.1) is 0 Å². The Kier molecular flexibility index (Phi) is 2.71. The molecule has 2 rings (SSSR count). The number of nitrogens with zero attached hydrogens (tertiary/aromatic N) is 1. The van der Waals surface area contributed by atoms with Crippen molar-refractivity contribution in [1.29, 1.82) is 0 Å². The molecule has 1 atom stereocenters. The molecule has 90 valence electrons. The van der Waals surface area contributed by atoms with Gasteiger partial charge >= 0.3 is 0 Å². The Bertz CT molecular complexity index is 452. The van der Waals surface area contributed by atoms with E-state index in [-0.39, 0.29) is 30.4 Å². The molecule has 0 aromatic carbocycles. The van der Waals surface area contributed by atoms with Crippen molar-refractivity contribution in [3.63, 3.8) is 0 Å². The fourth-order valence-electron chi connectivity index (χ4n) is 2.01. The first-order chi connectivity index (χ1) is 8.04. The van der Waals surface area contributed by atoms with E-state index in [4.69, 9.17) is 5.11 Å². The van der Waals surface area contributed by atoms with Gasteiger partial charge in [0.2, 0.25) is 11.8 Å². The molecule has 2 saturated heterocycles. The van der Waals surface area contributed by atoms with Crippen molar-refractivity contribution in [2.24, 2.45) is 0 Å².